The predicted octanol–water partition coefficient (Wildman–Crippen LogP) is 3.21. The van der Waals surface area contributed by atoms with E-state index in [9.17, 15) is 18.0 Å². The molecule has 3 atom stereocenters. The first-order valence-corrected chi connectivity index (χ1v) is 11.5. The van der Waals surface area contributed by atoms with Gasteiger partial charge < -0.3 is 9.26 Å². The average molecular weight is 442 g/mol. The quantitative estimate of drug-likeness (QED) is 0.603. The molecular weight excluding hydrogens is 420 g/mol. The number of nitrogens with one attached hydrogen (secondary N) is 1. The largest absolute Gasteiger partial charge is 0.459 e. The molecule has 31 heavy (non-hydrogen) atoms. The minimum atomic E-state index is -4.29. The maximum absolute atomic E-state index is 13.3. The molecule has 1 N–H and O–H groups in total. The number of sulfone groups is 1. The second-order valence-corrected chi connectivity index (χ2v) is 9.68. The highest BCUT2D eigenvalue weighted by molar-refractivity contribution is 8.05. The monoisotopic (exact) mass is 442 g/mol. The Labute approximate surface area is 179 Å². The first kappa shape index (κ1) is 21.0. The van der Waals surface area contributed by atoms with Crippen LogP contribution in [0.1, 0.15) is 34.7 Å². The van der Waals surface area contributed by atoms with E-state index >= 15 is 0 Å². The first-order valence-electron chi connectivity index (χ1n) is 9.93. The maximum Gasteiger partial charge on any atom is 0.459 e. The van der Waals surface area contributed by atoms with Crippen molar-refractivity contribution in [3.63, 3.8) is 0 Å². The second kappa shape index (κ2) is 8.50. The molecule has 0 spiro atoms. The van der Waals surface area contributed by atoms with Crippen LogP contribution in [0.15, 0.2) is 63.9 Å². The second-order valence-electron chi connectivity index (χ2n) is 7.74. The van der Waals surface area contributed by atoms with Crippen molar-refractivity contribution in [2.24, 2.45) is 11.8 Å². The van der Waals surface area contributed by atoms with Crippen LogP contribution < -0.4 is 5.76 Å². The lowest BCUT2D eigenvalue weighted by atomic mass is 9.75. The smallest absolute Gasteiger partial charge is 0.449 e. The number of carbonyl (C=O) groups excluding carboxylic acids is 1. The summed E-state index contributed by atoms with van der Waals surface area (Å²) in [4.78, 5) is 27.7. The van der Waals surface area contributed by atoms with E-state index in [1.54, 1.807) is 43.3 Å². The molecule has 0 radical (unpaired) electrons. The number of fused-ring (bicyclic) bond motifs is 1. The Morgan fingerprint density at radius 1 is 1.16 bits per heavy atom. The summed E-state index contributed by atoms with van der Waals surface area (Å²) in [6, 6.07) is 16.1. The standard InChI is InChI=1S/C22H22N2O6S/c1-14-17(12-19-23-21(25)30-24-19)11-16-9-5-6-10-18(16)20(14)31(27,28)22(26)29-13-15-7-3-2-4-8-15/h2-10,14,17,20H,11-13H2,1H3,(H,23,24,25)/t14-,17+,20?/m1/s1. The van der Waals surface area contributed by atoms with Gasteiger partial charge in [-0.2, -0.15) is 4.98 Å². The lowest BCUT2D eigenvalue weighted by Crippen LogP contribution is -2.36. The zero-order valence-corrected chi connectivity index (χ0v) is 17.7. The number of aromatic nitrogens is 2. The molecule has 2 aromatic carbocycles. The van der Waals surface area contributed by atoms with Crippen molar-refractivity contribution in [3.8, 4) is 0 Å². The zero-order valence-electron chi connectivity index (χ0n) is 16.9. The van der Waals surface area contributed by atoms with Crippen LogP contribution in [0.3, 0.4) is 0 Å². The van der Waals surface area contributed by atoms with Crippen molar-refractivity contribution in [1.82, 2.24) is 10.1 Å². The van der Waals surface area contributed by atoms with Crippen LogP contribution >= 0.6 is 0 Å². The van der Waals surface area contributed by atoms with E-state index < -0.39 is 32.1 Å². The third kappa shape index (κ3) is 4.32. The van der Waals surface area contributed by atoms with Gasteiger partial charge in [0.15, 0.2) is 0 Å². The van der Waals surface area contributed by atoms with Crippen LogP contribution in [0, 0.1) is 11.8 Å². The van der Waals surface area contributed by atoms with Gasteiger partial charge in [-0.1, -0.05) is 61.5 Å². The molecule has 162 valence electrons. The van der Waals surface area contributed by atoms with Crippen LogP contribution in [-0.4, -0.2) is 23.9 Å². The van der Waals surface area contributed by atoms with Gasteiger partial charge in [0.05, 0.1) is 0 Å². The normalized spacial score (nSPS) is 20.7. The van der Waals surface area contributed by atoms with E-state index in [4.69, 9.17) is 4.74 Å². The number of ether oxygens (including phenoxy) is 1. The van der Waals surface area contributed by atoms with Crippen molar-refractivity contribution < 1.29 is 22.5 Å². The number of aromatic amines is 1. The van der Waals surface area contributed by atoms with Gasteiger partial charge in [0, 0.05) is 6.42 Å². The third-order valence-corrected chi connectivity index (χ3v) is 7.70. The summed E-state index contributed by atoms with van der Waals surface area (Å²) in [5, 5.41) is 0.183. The molecule has 0 fully saturated rings. The van der Waals surface area contributed by atoms with Crippen molar-refractivity contribution in [3.05, 3.63) is 87.7 Å². The average Bonchev–Trinajstić information content (AvgIpc) is 3.17. The fourth-order valence-electron chi connectivity index (χ4n) is 4.20. The minimum absolute atomic E-state index is 0.120. The van der Waals surface area contributed by atoms with E-state index in [-0.39, 0.29) is 12.5 Å². The summed E-state index contributed by atoms with van der Waals surface area (Å²) in [5.74, 6) is -0.960. The topological polar surface area (TPSA) is 119 Å². The SMILES string of the molecule is C[C@H]1C(S(=O)(=O)C(=O)OCc2ccccc2)c2ccccc2C[C@H]1Cc1nc(=O)o[nH]1. The summed E-state index contributed by atoms with van der Waals surface area (Å²) in [6.07, 6.45) is 0.920. The van der Waals surface area contributed by atoms with Crippen LogP contribution in [0.4, 0.5) is 4.79 Å². The van der Waals surface area contributed by atoms with Gasteiger partial charge in [-0.3, -0.25) is 0 Å². The number of hydrogen-bond donors (Lipinski definition) is 1. The Hall–Kier alpha value is -3.20. The summed E-state index contributed by atoms with van der Waals surface area (Å²) in [7, 11) is -4.29. The number of nitrogens with zero attached hydrogens (tertiary/aromatic N) is 1. The molecule has 3 aromatic rings. The van der Waals surface area contributed by atoms with E-state index in [0.717, 1.165) is 5.56 Å². The van der Waals surface area contributed by atoms with Crippen molar-refractivity contribution in [2.75, 3.05) is 0 Å². The van der Waals surface area contributed by atoms with Crippen LogP contribution in [0.2, 0.25) is 0 Å². The molecule has 0 saturated heterocycles. The third-order valence-electron chi connectivity index (χ3n) is 5.77. The molecule has 4 rings (SSSR count). The van der Waals surface area contributed by atoms with Gasteiger partial charge in [-0.05, 0) is 34.9 Å². The van der Waals surface area contributed by atoms with E-state index in [2.05, 4.69) is 14.7 Å². The number of benzene rings is 2. The van der Waals surface area contributed by atoms with Crippen LogP contribution in [-0.2, 0) is 34.0 Å². The molecule has 9 heteroatoms. The lowest BCUT2D eigenvalue weighted by molar-refractivity contribution is 0.164. The van der Waals surface area contributed by atoms with Crippen molar-refractivity contribution in [1.29, 1.82) is 0 Å². The molecular formula is C22H22N2O6S. The lowest BCUT2D eigenvalue weighted by Gasteiger charge is -2.36. The molecule has 1 aliphatic rings. The molecule has 1 heterocycles. The molecule has 0 aliphatic heterocycles. The van der Waals surface area contributed by atoms with Gasteiger partial charge in [0.25, 0.3) is 9.84 Å². The molecule has 0 saturated carbocycles. The number of rotatable bonds is 5. The summed E-state index contributed by atoms with van der Waals surface area (Å²) in [6.45, 7) is 1.68. The number of carbonyl (C=O) groups is 1. The molecule has 1 aliphatic carbocycles. The first-order chi connectivity index (χ1) is 14.9. The van der Waals surface area contributed by atoms with Crippen LogP contribution in [0.25, 0.3) is 0 Å². The van der Waals surface area contributed by atoms with Gasteiger partial charge in [0.2, 0.25) is 0 Å². The predicted molar refractivity (Wildman–Crippen MR) is 112 cm³/mol. The number of hydrogen-bond acceptors (Lipinski definition) is 7. The summed E-state index contributed by atoms with van der Waals surface area (Å²) in [5.41, 5.74) is 2.16. The Kier molecular flexibility index (Phi) is 5.77. The Morgan fingerprint density at radius 2 is 1.87 bits per heavy atom. The van der Waals surface area contributed by atoms with E-state index in [0.29, 0.717) is 29.8 Å². The van der Waals surface area contributed by atoms with Crippen molar-refractivity contribution >= 4 is 15.1 Å². The fraction of sp³-hybridized carbons (Fsp3) is 0.318. The van der Waals surface area contributed by atoms with Gasteiger partial charge in [0.1, 0.15) is 17.7 Å². The molecule has 1 aromatic heterocycles. The zero-order chi connectivity index (χ0) is 22.0. The Bertz CT molecular complexity index is 1230. The molecule has 0 amide bonds. The minimum Gasteiger partial charge on any atom is -0.449 e. The molecule has 0 bridgehead atoms. The highest BCUT2D eigenvalue weighted by Gasteiger charge is 2.45. The number of H-pyrrole nitrogens is 1. The Morgan fingerprint density at radius 3 is 2.58 bits per heavy atom. The summed E-state index contributed by atoms with van der Waals surface area (Å²) < 4.78 is 36.4. The molecule has 8 nitrogen and oxygen atoms in total. The van der Waals surface area contributed by atoms with E-state index in [1.165, 1.54) is 0 Å². The van der Waals surface area contributed by atoms with Crippen LogP contribution in [0.5, 0.6) is 0 Å². The fourth-order valence-corrected chi connectivity index (χ4v) is 5.98. The molecule has 1 unspecified atom stereocenters. The summed E-state index contributed by atoms with van der Waals surface area (Å²) >= 11 is 0. The van der Waals surface area contributed by atoms with Gasteiger partial charge in [-0.15, -0.1) is 0 Å². The Balaban J connectivity index is 1.62. The van der Waals surface area contributed by atoms with Gasteiger partial charge in [-0.25, -0.2) is 23.2 Å². The van der Waals surface area contributed by atoms with Gasteiger partial charge >= 0.3 is 11.1 Å². The van der Waals surface area contributed by atoms with E-state index in [1.807, 2.05) is 18.2 Å². The maximum atomic E-state index is 13.3. The van der Waals surface area contributed by atoms with Crippen molar-refractivity contribution in [2.45, 2.75) is 31.6 Å². The highest BCUT2D eigenvalue weighted by atomic mass is 32.2. The highest BCUT2D eigenvalue weighted by Crippen LogP contribution is 2.44.